The van der Waals surface area contributed by atoms with Crippen LogP contribution in [0.3, 0.4) is 0 Å². The zero-order chi connectivity index (χ0) is 16.0. The average Bonchev–Trinajstić information content (AvgIpc) is 3.16. The molecule has 1 aromatic heterocycles. The van der Waals surface area contributed by atoms with Crippen molar-refractivity contribution in [2.45, 2.75) is 44.7 Å². The number of hydrogen-bond donors (Lipinski definition) is 1. The minimum atomic E-state index is -0.130. The number of hydrogen-bond acceptors (Lipinski definition) is 4. The van der Waals surface area contributed by atoms with Gasteiger partial charge in [0, 0.05) is 29.9 Å². The van der Waals surface area contributed by atoms with Gasteiger partial charge >= 0.3 is 0 Å². The summed E-state index contributed by atoms with van der Waals surface area (Å²) in [6.45, 7) is 2.27. The van der Waals surface area contributed by atoms with Crippen molar-refractivity contribution < 1.29 is 9.90 Å². The number of para-hydroxylation sites is 1. The number of aliphatic hydroxyl groups excluding tert-OH is 1. The van der Waals surface area contributed by atoms with E-state index in [1.807, 2.05) is 23.1 Å². The Hall–Kier alpha value is -2.01. The molecule has 1 aromatic carbocycles. The number of amides is 1. The lowest BCUT2D eigenvalue weighted by molar-refractivity contribution is 0.0558. The van der Waals surface area contributed by atoms with Crippen LogP contribution in [-0.2, 0) is 0 Å². The van der Waals surface area contributed by atoms with Crippen LogP contribution in [0.15, 0.2) is 30.6 Å². The molecule has 3 heterocycles. The Bertz CT molecular complexity index is 752. The Labute approximate surface area is 135 Å². The maximum atomic E-state index is 13.2. The van der Waals surface area contributed by atoms with E-state index in [1.54, 1.807) is 12.4 Å². The van der Waals surface area contributed by atoms with Crippen molar-refractivity contribution in [2.75, 3.05) is 6.61 Å². The molecule has 5 heteroatoms. The number of aromatic nitrogens is 2. The number of carbonyl (C=O) groups is 1. The number of nitrogens with zero attached hydrogens (tertiary/aromatic N) is 3. The van der Waals surface area contributed by atoms with Gasteiger partial charge in [0.2, 0.25) is 0 Å². The maximum absolute atomic E-state index is 13.2. The average molecular weight is 311 g/mol. The van der Waals surface area contributed by atoms with Crippen LogP contribution in [-0.4, -0.2) is 44.6 Å². The molecular weight excluding hydrogens is 290 g/mol. The van der Waals surface area contributed by atoms with Crippen molar-refractivity contribution >= 4 is 16.9 Å². The van der Waals surface area contributed by atoms with E-state index < -0.39 is 0 Å². The van der Waals surface area contributed by atoms with Gasteiger partial charge in [-0.3, -0.25) is 14.8 Å². The van der Waals surface area contributed by atoms with E-state index in [0.717, 1.165) is 31.2 Å². The molecule has 0 saturated carbocycles. The molecule has 0 radical (unpaired) electrons. The highest BCUT2D eigenvalue weighted by atomic mass is 16.3. The summed E-state index contributed by atoms with van der Waals surface area (Å²) in [5.74, 6) is 0.0346. The van der Waals surface area contributed by atoms with Gasteiger partial charge in [-0.2, -0.15) is 0 Å². The molecule has 1 amide bonds. The van der Waals surface area contributed by atoms with Crippen molar-refractivity contribution in [1.82, 2.24) is 14.9 Å². The number of fused-ring (bicyclic) bond motifs is 3. The second-order valence-corrected chi connectivity index (χ2v) is 6.77. The molecule has 0 unspecified atom stereocenters. The number of aliphatic hydroxyl groups is 1. The van der Waals surface area contributed by atoms with Crippen molar-refractivity contribution in [1.29, 1.82) is 0 Å². The van der Waals surface area contributed by atoms with Gasteiger partial charge in [-0.25, -0.2) is 0 Å². The first-order chi connectivity index (χ1) is 11.2. The van der Waals surface area contributed by atoms with Crippen molar-refractivity contribution in [3.05, 3.63) is 36.2 Å². The molecule has 1 N–H and O–H groups in total. The van der Waals surface area contributed by atoms with Crippen LogP contribution >= 0.6 is 0 Å². The predicted octanol–water partition coefficient (Wildman–Crippen LogP) is 2.40. The lowest BCUT2D eigenvalue weighted by Crippen LogP contribution is -2.42. The lowest BCUT2D eigenvalue weighted by atomic mass is 9.72. The zero-order valence-electron chi connectivity index (χ0n) is 13.3. The van der Waals surface area contributed by atoms with Crippen LogP contribution in [0.5, 0.6) is 0 Å². The van der Waals surface area contributed by atoms with E-state index in [0.29, 0.717) is 11.1 Å². The van der Waals surface area contributed by atoms with Gasteiger partial charge < -0.3 is 10.0 Å². The molecule has 5 nitrogen and oxygen atoms in total. The summed E-state index contributed by atoms with van der Waals surface area (Å²) in [5, 5.41) is 9.92. The van der Waals surface area contributed by atoms with E-state index >= 15 is 0 Å². The molecule has 2 aromatic rings. The van der Waals surface area contributed by atoms with Crippen LogP contribution in [0.1, 0.15) is 43.0 Å². The molecule has 2 aliphatic heterocycles. The first-order valence-corrected chi connectivity index (χ1v) is 8.33. The van der Waals surface area contributed by atoms with E-state index in [2.05, 4.69) is 16.9 Å². The van der Waals surface area contributed by atoms with E-state index in [9.17, 15) is 9.90 Å². The molecule has 23 heavy (non-hydrogen) atoms. The van der Waals surface area contributed by atoms with Gasteiger partial charge in [0.25, 0.3) is 5.91 Å². The van der Waals surface area contributed by atoms with Crippen molar-refractivity contribution in [2.24, 2.45) is 5.41 Å². The van der Waals surface area contributed by atoms with Gasteiger partial charge in [0.1, 0.15) is 5.52 Å². The Balaban J connectivity index is 1.75. The van der Waals surface area contributed by atoms with E-state index in [1.165, 1.54) is 0 Å². The predicted molar refractivity (Wildman–Crippen MR) is 86.9 cm³/mol. The molecule has 2 fully saturated rings. The number of benzene rings is 1. The fourth-order valence-electron chi connectivity index (χ4n) is 4.56. The van der Waals surface area contributed by atoms with E-state index in [-0.39, 0.29) is 30.0 Å². The van der Waals surface area contributed by atoms with Gasteiger partial charge in [-0.05, 0) is 37.8 Å². The van der Waals surface area contributed by atoms with Gasteiger partial charge in [0.05, 0.1) is 17.7 Å². The summed E-state index contributed by atoms with van der Waals surface area (Å²) < 4.78 is 0. The van der Waals surface area contributed by atoms with Crippen molar-refractivity contribution in [3.8, 4) is 0 Å². The molecule has 0 aliphatic carbocycles. The van der Waals surface area contributed by atoms with Crippen LogP contribution in [0.4, 0.5) is 0 Å². The third-order valence-corrected chi connectivity index (χ3v) is 5.83. The maximum Gasteiger partial charge on any atom is 0.256 e. The Morgan fingerprint density at radius 2 is 2.17 bits per heavy atom. The number of rotatable bonds is 3. The Kier molecular flexibility index (Phi) is 3.34. The minimum absolute atomic E-state index is 0.0346. The molecular formula is C18H21N3O2. The summed E-state index contributed by atoms with van der Waals surface area (Å²) in [5.41, 5.74) is 1.90. The van der Waals surface area contributed by atoms with Gasteiger partial charge in [-0.1, -0.05) is 13.0 Å². The molecule has 0 spiro atoms. The largest absolute Gasteiger partial charge is 0.396 e. The smallest absolute Gasteiger partial charge is 0.256 e. The summed E-state index contributed by atoms with van der Waals surface area (Å²) in [4.78, 5) is 23.9. The first-order valence-electron chi connectivity index (χ1n) is 8.33. The number of carbonyl (C=O) groups excluding carboxylic acids is 1. The summed E-state index contributed by atoms with van der Waals surface area (Å²) >= 11 is 0. The Morgan fingerprint density at radius 3 is 2.91 bits per heavy atom. The molecule has 2 saturated heterocycles. The molecule has 4 rings (SSSR count). The minimum Gasteiger partial charge on any atom is -0.396 e. The summed E-state index contributed by atoms with van der Waals surface area (Å²) in [6.07, 6.45) is 7.11. The van der Waals surface area contributed by atoms with Crippen LogP contribution in [0, 0.1) is 5.41 Å². The highest BCUT2D eigenvalue weighted by molar-refractivity contribution is 6.05. The standard InChI is InChI=1S/C18H21N3O2/c1-2-18(11-22)10-12-6-7-15(18)21(12)17(23)13-4-3-5-14-16(13)20-9-8-19-14/h3-5,8-9,12,15,22H,2,6-7,10-11H2,1H3/t12-,15+,18-/m1/s1. The molecule has 120 valence electrons. The van der Waals surface area contributed by atoms with Crippen molar-refractivity contribution in [3.63, 3.8) is 0 Å². The second kappa shape index (κ2) is 5.27. The topological polar surface area (TPSA) is 66.3 Å². The zero-order valence-corrected chi connectivity index (χ0v) is 13.3. The van der Waals surface area contributed by atoms with Crippen LogP contribution < -0.4 is 0 Å². The summed E-state index contributed by atoms with van der Waals surface area (Å²) in [6, 6.07) is 5.96. The third-order valence-electron chi connectivity index (χ3n) is 5.83. The summed E-state index contributed by atoms with van der Waals surface area (Å²) in [7, 11) is 0. The Morgan fingerprint density at radius 1 is 1.35 bits per heavy atom. The monoisotopic (exact) mass is 311 g/mol. The van der Waals surface area contributed by atoms with Gasteiger partial charge in [0.15, 0.2) is 0 Å². The van der Waals surface area contributed by atoms with E-state index in [4.69, 9.17) is 0 Å². The normalized spacial score (nSPS) is 29.4. The SMILES string of the molecule is CC[C@]1(CO)C[C@H]2CC[C@@H]1N2C(=O)c1cccc2nccnc12. The first kappa shape index (κ1) is 14.6. The fraction of sp³-hybridized carbons (Fsp3) is 0.500. The highest BCUT2D eigenvalue weighted by Crippen LogP contribution is 2.51. The lowest BCUT2D eigenvalue weighted by Gasteiger charge is -2.34. The van der Waals surface area contributed by atoms with Crippen LogP contribution in [0.25, 0.3) is 11.0 Å². The third kappa shape index (κ3) is 1.99. The van der Waals surface area contributed by atoms with Crippen LogP contribution in [0.2, 0.25) is 0 Å². The highest BCUT2D eigenvalue weighted by Gasteiger charge is 2.56. The second-order valence-electron chi connectivity index (χ2n) is 6.77. The fourth-order valence-corrected chi connectivity index (χ4v) is 4.56. The molecule has 2 bridgehead atoms. The molecule has 2 aliphatic rings. The quantitative estimate of drug-likeness (QED) is 0.945. The van der Waals surface area contributed by atoms with Gasteiger partial charge in [-0.15, -0.1) is 0 Å². The molecule has 3 atom stereocenters.